The molecule has 1 N–H and O–H groups in total. The molecule has 6 heteroatoms. The van der Waals surface area contributed by atoms with Gasteiger partial charge in [-0.25, -0.2) is 0 Å². The molecule has 1 saturated heterocycles. The van der Waals surface area contributed by atoms with E-state index >= 15 is 0 Å². The summed E-state index contributed by atoms with van der Waals surface area (Å²) in [4.78, 5) is 28.3. The molecule has 1 aromatic carbocycles. The number of aryl methyl sites for hydroxylation is 2. The van der Waals surface area contributed by atoms with Gasteiger partial charge in [0.25, 0.3) is 5.91 Å². The fraction of sp³-hybridized carbons (Fsp3) is 0.579. The molecule has 2 amide bonds. The monoisotopic (exact) mass is 347 g/mol. The molecule has 1 unspecified atom stereocenters. The number of nitrogens with zero attached hydrogens (tertiary/aromatic N) is 2. The summed E-state index contributed by atoms with van der Waals surface area (Å²) in [7, 11) is 1.83. The highest BCUT2D eigenvalue weighted by atomic mass is 16.5. The highest BCUT2D eigenvalue weighted by Crippen LogP contribution is 2.20. The molecule has 1 fully saturated rings. The normalized spacial score (nSPS) is 15.8. The maximum absolute atomic E-state index is 12.6. The van der Waals surface area contributed by atoms with Crippen LogP contribution in [0, 0.1) is 13.8 Å². The zero-order valence-electron chi connectivity index (χ0n) is 15.7. The minimum absolute atomic E-state index is 0.0256. The van der Waals surface area contributed by atoms with Gasteiger partial charge in [0.05, 0.1) is 0 Å². The van der Waals surface area contributed by atoms with Gasteiger partial charge in [-0.15, -0.1) is 0 Å². The van der Waals surface area contributed by atoms with Crippen molar-refractivity contribution in [1.82, 2.24) is 15.1 Å². The van der Waals surface area contributed by atoms with Gasteiger partial charge in [0.2, 0.25) is 5.91 Å². The van der Waals surface area contributed by atoms with Gasteiger partial charge in [-0.05, 0) is 39.4 Å². The molecule has 1 heterocycles. The minimum atomic E-state index is -0.534. The van der Waals surface area contributed by atoms with Crippen LogP contribution in [0.2, 0.25) is 0 Å². The smallest absolute Gasteiger partial charge is 0.263 e. The molecule has 0 aromatic heterocycles. The second kappa shape index (κ2) is 8.85. The summed E-state index contributed by atoms with van der Waals surface area (Å²) >= 11 is 0. The van der Waals surface area contributed by atoms with Gasteiger partial charge in [-0.2, -0.15) is 0 Å². The number of rotatable bonds is 6. The quantitative estimate of drug-likeness (QED) is 0.844. The maximum Gasteiger partial charge on any atom is 0.263 e. The lowest BCUT2D eigenvalue weighted by atomic mass is 10.1. The van der Waals surface area contributed by atoms with Gasteiger partial charge in [0.1, 0.15) is 5.75 Å². The maximum atomic E-state index is 12.6. The van der Waals surface area contributed by atoms with Crippen molar-refractivity contribution >= 4 is 11.8 Å². The molecule has 1 atom stereocenters. The van der Waals surface area contributed by atoms with E-state index in [-0.39, 0.29) is 11.8 Å². The van der Waals surface area contributed by atoms with E-state index < -0.39 is 6.10 Å². The van der Waals surface area contributed by atoms with Crippen LogP contribution in [0.3, 0.4) is 0 Å². The highest BCUT2D eigenvalue weighted by Gasteiger charge is 2.27. The van der Waals surface area contributed by atoms with Crippen molar-refractivity contribution < 1.29 is 14.3 Å². The third-order valence-electron chi connectivity index (χ3n) is 4.51. The lowest BCUT2D eigenvalue weighted by Gasteiger charge is -2.36. The molecule has 138 valence electrons. The Kier molecular flexibility index (Phi) is 6.82. The second-order valence-electron chi connectivity index (χ2n) is 6.59. The summed E-state index contributed by atoms with van der Waals surface area (Å²) in [6.45, 7) is 8.77. The van der Waals surface area contributed by atoms with Gasteiger partial charge < -0.3 is 19.9 Å². The third-order valence-corrected chi connectivity index (χ3v) is 4.51. The number of carbonyl (C=O) groups excluding carboxylic acids is 2. The second-order valence-corrected chi connectivity index (χ2v) is 6.59. The first-order valence-electron chi connectivity index (χ1n) is 8.87. The first kappa shape index (κ1) is 19.2. The SMILES string of the molecule is CNCCC(=O)N1CCN(C(=O)C(C)Oc2ccc(C)cc2C)CC1. The summed E-state index contributed by atoms with van der Waals surface area (Å²) in [5.41, 5.74) is 2.20. The first-order chi connectivity index (χ1) is 11.9. The van der Waals surface area contributed by atoms with Crippen LogP contribution in [0.1, 0.15) is 24.5 Å². The van der Waals surface area contributed by atoms with E-state index in [9.17, 15) is 9.59 Å². The van der Waals surface area contributed by atoms with Gasteiger partial charge in [-0.1, -0.05) is 17.7 Å². The molecule has 0 saturated carbocycles. The average molecular weight is 347 g/mol. The predicted molar refractivity (Wildman–Crippen MR) is 97.7 cm³/mol. The van der Waals surface area contributed by atoms with Crippen molar-refractivity contribution in [2.24, 2.45) is 0 Å². The molecular formula is C19H29N3O3. The van der Waals surface area contributed by atoms with Gasteiger partial charge in [-0.3, -0.25) is 9.59 Å². The van der Waals surface area contributed by atoms with Gasteiger partial charge in [0, 0.05) is 39.1 Å². The van der Waals surface area contributed by atoms with Crippen LogP contribution in [0.5, 0.6) is 5.75 Å². The van der Waals surface area contributed by atoms with Crippen molar-refractivity contribution in [2.75, 3.05) is 39.8 Å². The van der Waals surface area contributed by atoms with Gasteiger partial charge in [0.15, 0.2) is 6.10 Å². The number of piperazine rings is 1. The molecule has 1 aromatic rings. The van der Waals surface area contributed by atoms with Crippen LogP contribution in [0.4, 0.5) is 0 Å². The van der Waals surface area contributed by atoms with E-state index in [2.05, 4.69) is 5.32 Å². The van der Waals surface area contributed by atoms with Crippen molar-refractivity contribution in [3.8, 4) is 5.75 Å². The van der Waals surface area contributed by atoms with Crippen molar-refractivity contribution in [3.05, 3.63) is 29.3 Å². The number of carbonyl (C=O) groups is 2. The Morgan fingerprint density at radius 2 is 1.80 bits per heavy atom. The number of benzene rings is 1. The Bertz CT molecular complexity index is 610. The molecule has 0 bridgehead atoms. The fourth-order valence-electron chi connectivity index (χ4n) is 3.00. The molecule has 25 heavy (non-hydrogen) atoms. The largest absolute Gasteiger partial charge is 0.481 e. The fourth-order valence-corrected chi connectivity index (χ4v) is 3.00. The van der Waals surface area contributed by atoms with E-state index in [1.165, 1.54) is 5.56 Å². The molecule has 6 nitrogen and oxygen atoms in total. The Morgan fingerprint density at radius 3 is 2.40 bits per heavy atom. The first-order valence-corrected chi connectivity index (χ1v) is 8.87. The van der Waals surface area contributed by atoms with Crippen LogP contribution in [-0.2, 0) is 9.59 Å². The van der Waals surface area contributed by atoms with Crippen LogP contribution < -0.4 is 10.1 Å². The number of amides is 2. The Morgan fingerprint density at radius 1 is 1.16 bits per heavy atom. The zero-order valence-corrected chi connectivity index (χ0v) is 15.7. The summed E-state index contributed by atoms with van der Waals surface area (Å²) in [6, 6.07) is 5.93. The van der Waals surface area contributed by atoms with Gasteiger partial charge >= 0.3 is 0 Å². The number of hydrogen-bond acceptors (Lipinski definition) is 4. The molecule has 0 aliphatic carbocycles. The standard InChI is InChI=1S/C19H29N3O3/c1-14-5-6-17(15(2)13-14)25-16(3)19(24)22-11-9-21(10-12-22)18(23)7-8-20-4/h5-6,13,16,20H,7-12H2,1-4H3. The van der Waals surface area contributed by atoms with Crippen molar-refractivity contribution in [1.29, 1.82) is 0 Å². The number of hydrogen-bond donors (Lipinski definition) is 1. The summed E-state index contributed by atoms with van der Waals surface area (Å²) in [5.74, 6) is 0.857. The van der Waals surface area contributed by atoms with Crippen molar-refractivity contribution in [3.63, 3.8) is 0 Å². The molecular weight excluding hydrogens is 318 g/mol. The lowest BCUT2D eigenvalue weighted by Crippen LogP contribution is -2.53. The highest BCUT2D eigenvalue weighted by molar-refractivity contribution is 5.81. The van der Waals surface area contributed by atoms with Crippen molar-refractivity contribution in [2.45, 2.75) is 33.3 Å². The summed E-state index contributed by atoms with van der Waals surface area (Å²) < 4.78 is 5.86. The summed E-state index contributed by atoms with van der Waals surface area (Å²) in [5, 5.41) is 2.98. The average Bonchev–Trinajstić information content (AvgIpc) is 2.61. The minimum Gasteiger partial charge on any atom is -0.481 e. The van der Waals surface area contributed by atoms with Crippen LogP contribution in [0.15, 0.2) is 18.2 Å². The lowest BCUT2D eigenvalue weighted by molar-refractivity contribution is -0.143. The van der Waals surface area contributed by atoms with E-state index in [1.54, 1.807) is 11.8 Å². The van der Waals surface area contributed by atoms with E-state index in [0.717, 1.165) is 11.3 Å². The number of ether oxygens (including phenoxy) is 1. The van der Waals surface area contributed by atoms with Crippen LogP contribution >= 0.6 is 0 Å². The Balaban J connectivity index is 1.86. The molecule has 0 radical (unpaired) electrons. The molecule has 1 aliphatic rings. The molecule has 2 rings (SSSR count). The molecule has 0 spiro atoms. The van der Waals surface area contributed by atoms with Crippen LogP contribution in [0.25, 0.3) is 0 Å². The van der Waals surface area contributed by atoms with E-state index in [0.29, 0.717) is 39.1 Å². The molecule has 1 aliphatic heterocycles. The Hall–Kier alpha value is -2.08. The zero-order chi connectivity index (χ0) is 18.4. The Labute approximate surface area is 150 Å². The summed E-state index contributed by atoms with van der Waals surface area (Å²) in [6.07, 6.45) is -0.0376. The van der Waals surface area contributed by atoms with Crippen LogP contribution in [-0.4, -0.2) is 67.5 Å². The predicted octanol–water partition coefficient (Wildman–Crippen LogP) is 1.35. The third kappa shape index (κ3) is 5.19. The topological polar surface area (TPSA) is 61.9 Å². The van der Waals surface area contributed by atoms with E-state index in [4.69, 9.17) is 4.74 Å². The van der Waals surface area contributed by atoms with E-state index in [1.807, 2.05) is 44.0 Å². The number of nitrogens with one attached hydrogen (secondary N) is 1.